The number of methoxy groups -OCH3 is 1. The van der Waals surface area contributed by atoms with Gasteiger partial charge in [0.15, 0.2) is 0 Å². The van der Waals surface area contributed by atoms with E-state index in [-0.39, 0.29) is 22.4 Å². The van der Waals surface area contributed by atoms with E-state index in [1.807, 2.05) is 79.4 Å². The largest absolute Gasteiger partial charge is 3.00 e. The second-order valence-corrected chi connectivity index (χ2v) is 10.1. The van der Waals surface area contributed by atoms with Crippen molar-refractivity contribution in [3.05, 3.63) is 140 Å². The van der Waals surface area contributed by atoms with Crippen LogP contribution >= 0.6 is 0 Å². The van der Waals surface area contributed by atoms with Gasteiger partial charge in [0, 0.05) is 0 Å². The van der Waals surface area contributed by atoms with E-state index in [1.54, 1.807) is 7.11 Å². The summed E-state index contributed by atoms with van der Waals surface area (Å²) in [6.07, 6.45) is 4.00. The summed E-state index contributed by atoms with van der Waals surface area (Å²) in [4.78, 5) is 9.06. The smallest absolute Gasteiger partial charge is 0.511 e. The van der Waals surface area contributed by atoms with Gasteiger partial charge in [0.25, 0.3) is 0 Å². The zero-order valence-corrected chi connectivity index (χ0v) is 25.8. The van der Waals surface area contributed by atoms with Gasteiger partial charge in [0.05, 0.1) is 7.11 Å². The van der Waals surface area contributed by atoms with Gasteiger partial charge < -0.3 is 19.5 Å². The molecule has 2 heterocycles. The van der Waals surface area contributed by atoms with Crippen LogP contribution in [-0.2, 0) is 22.4 Å². The Morgan fingerprint density at radius 1 is 0.619 bits per heavy atom. The van der Waals surface area contributed by atoms with Gasteiger partial charge in [0.2, 0.25) is 0 Å². The van der Waals surface area contributed by atoms with Crippen molar-refractivity contribution >= 4 is 21.5 Å². The molecule has 6 aromatic rings. The van der Waals surface area contributed by atoms with Crippen molar-refractivity contribution in [3.63, 3.8) is 0 Å². The van der Waals surface area contributed by atoms with Gasteiger partial charge in [0.1, 0.15) is 5.75 Å². The number of rotatable bonds is 4. The number of hydrogen-bond donors (Lipinski definition) is 0. The molecule has 0 amide bonds. The van der Waals surface area contributed by atoms with E-state index in [2.05, 4.69) is 84.9 Å². The standard InChI is InChI=1S/C32H21NO.C5H9N2.Au/c1-34-30-16-14-24(15-17-30)29-20-31(27-12-10-22-6-2-4-8-25(22)18-27)33-32(21-29)28-13-11-23-7-3-5-9-26(23)19-28;1-6-3-4-7(2)5-6;/h2-11,14-21H,1H3;3-5H,1-2H3;/q-2;-1;+3. The summed E-state index contributed by atoms with van der Waals surface area (Å²) in [7, 11) is 5.68. The Bertz CT molecular complexity index is 1740. The molecule has 5 aromatic carbocycles. The quantitative estimate of drug-likeness (QED) is 0.135. The predicted molar refractivity (Wildman–Crippen MR) is 169 cm³/mol. The molecular formula is C37H30AuN3O. The molecule has 1 aliphatic rings. The van der Waals surface area contributed by atoms with Crippen LogP contribution in [0.25, 0.3) is 55.2 Å². The molecule has 0 radical (unpaired) electrons. The maximum atomic E-state index is 5.35. The first-order valence-corrected chi connectivity index (χ1v) is 13.5. The van der Waals surface area contributed by atoms with Crippen LogP contribution < -0.4 is 4.74 Å². The fraction of sp³-hybridized carbons (Fsp3) is 0.0811. The molecule has 0 saturated heterocycles. The molecule has 0 unspecified atom stereocenters. The van der Waals surface area contributed by atoms with Crippen molar-refractivity contribution in [3.8, 4) is 39.4 Å². The van der Waals surface area contributed by atoms with Crippen LogP contribution in [0.2, 0.25) is 0 Å². The van der Waals surface area contributed by atoms with E-state index in [0.717, 1.165) is 39.4 Å². The van der Waals surface area contributed by atoms with Crippen LogP contribution in [0.15, 0.2) is 122 Å². The third kappa shape index (κ3) is 6.58. The summed E-state index contributed by atoms with van der Waals surface area (Å²) >= 11 is 0. The van der Waals surface area contributed by atoms with Crippen molar-refractivity contribution in [2.45, 2.75) is 0 Å². The number of fused-ring (bicyclic) bond motifs is 2. The van der Waals surface area contributed by atoms with Gasteiger partial charge in [-0.25, -0.2) is 0 Å². The van der Waals surface area contributed by atoms with Crippen LogP contribution in [-0.4, -0.2) is 36.0 Å². The Labute approximate surface area is 263 Å². The third-order valence-electron chi connectivity index (χ3n) is 7.06. The average molecular weight is 730 g/mol. The first-order chi connectivity index (χ1) is 20.1. The third-order valence-corrected chi connectivity index (χ3v) is 7.06. The van der Waals surface area contributed by atoms with E-state index in [0.29, 0.717) is 0 Å². The van der Waals surface area contributed by atoms with Crippen LogP contribution in [0, 0.1) is 18.8 Å². The van der Waals surface area contributed by atoms with Crippen LogP contribution in [0.4, 0.5) is 0 Å². The summed E-state index contributed by atoms with van der Waals surface area (Å²) in [5.41, 5.74) is 5.90. The number of aromatic nitrogens is 1. The van der Waals surface area contributed by atoms with E-state index < -0.39 is 0 Å². The molecule has 0 spiro atoms. The van der Waals surface area contributed by atoms with Gasteiger partial charge in [-0.15, -0.1) is 58.3 Å². The molecule has 5 heteroatoms. The molecule has 0 N–H and O–H groups in total. The first kappa shape index (κ1) is 29.2. The summed E-state index contributed by atoms with van der Waals surface area (Å²) in [5.74, 6) is 0.837. The minimum atomic E-state index is 0. The molecule has 1 aromatic heterocycles. The molecule has 0 bridgehead atoms. The molecule has 7 rings (SSSR count). The summed E-state index contributed by atoms with van der Waals surface area (Å²) < 4.78 is 5.35. The van der Waals surface area contributed by atoms with E-state index >= 15 is 0 Å². The molecule has 0 atom stereocenters. The molecule has 42 heavy (non-hydrogen) atoms. The summed E-state index contributed by atoms with van der Waals surface area (Å²) in [5, 5.41) is 4.68. The van der Waals surface area contributed by atoms with Crippen molar-refractivity contribution in [2.75, 3.05) is 21.2 Å². The summed E-state index contributed by atoms with van der Waals surface area (Å²) in [6, 6.07) is 44.3. The zero-order chi connectivity index (χ0) is 28.2. The number of benzene rings is 5. The average Bonchev–Trinajstić information content (AvgIpc) is 3.42. The Morgan fingerprint density at radius 2 is 1.10 bits per heavy atom. The van der Waals surface area contributed by atoms with Gasteiger partial charge in [-0.05, 0) is 61.1 Å². The van der Waals surface area contributed by atoms with E-state index in [1.165, 1.54) is 21.5 Å². The Morgan fingerprint density at radius 3 is 1.52 bits per heavy atom. The van der Waals surface area contributed by atoms with Crippen LogP contribution in [0.3, 0.4) is 0 Å². The number of pyridine rings is 1. The Hall–Kier alpha value is -4.35. The monoisotopic (exact) mass is 729 g/mol. The van der Waals surface area contributed by atoms with Crippen LogP contribution in [0.5, 0.6) is 5.75 Å². The molecule has 0 fully saturated rings. The molecule has 210 valence electrons. The predicted octanol–water partition coefficient (Wildman–Crippen LogP) is 8.45. The normalized spacial score (nSPS) is 12.2. The van der Waals surface area contributed by atoms with E-state index in [9.17, 15) is 0 Å². The van der Waals surface area contributed by atoms with Gasteiger partial charge in [-0.1, -0.05) is 83.6 Å². The second kappa shape index (κ2) is 13.1. The minimum absolute atomic E-state index is 0. The minimum Gasteiger partial charge on any atom is -0.511 e. The molecular weight excluding hydrogens is 699 g/mol. The Kier molecular flexibility index (Phi) is 9.09. The van der Waals surface area contributed by atoms with Gasteiger partial charge in [-0.2, -0.15) is 6.67 Å². The van der Waals surface area contributed by atoms with Gasteiger partial charge >= 0.3 is 22.4 Å². The fourth-order valence-electron chi connectivity index (χ4n) is 4.88. The van der Waals surface area contributed by atoms with Crippen LogP contribution in [0.1, 0.15) is 0 Å². The molecule has 0 saturated carbocycles. The van der Waals surface area contributed by atoms with Crippen molar-refractivity contribution < 1.29 is 27.1 Å². The second-order valence-electron chi connectivity index (χ2n) is 10.1. The zero-order valence-electron chi connectivity index (χ0n) is 23.7. The van der Waals surface area contributed by atoms with Crippen molar-refractivity contribution in [1.29, 1.82) is 0 Å². The number of hydrogen-bond acceptors (Lipinski definition) is 4. The molecule has 4 nitrogen and oxygen atoms in total. The van der Waals surface area contributed by atoms with E-state index in [4.69, 9.17) is 9.72 Å². The number of ether oxygens (including phenoxy) is 1. The SMILES string of the molecule is CN1C=CN(C)[CH-]1.COc1ccc(-c2cc(-c3[c-]cc4ccccc4c3)nc(-c3[c-]cc4ccccc4c3)c2)cc1.[Au+3]. The number of nitrogens with zero attached hydrogens (tertiary/aromatic N) is 3. The fourth-order valence-corrected chi connectivity index (χ4v) is 4.88. The summed E-state index contributed by atoms with van der Waals surface area (Å²) in [6.45, 7) is 2.00. The first-order valence-electron chi connectivity index (χ1n) is 13.5. The molecule has 1 aliphatic heterocycles. The van der Waals surface area contributed by atoms with Crippen molar-refractivity contribution in [1.82, 2.24) is 14.8 Å². The maximum Gasteiger partial charge on any atom is 3.00 e. The van der Waals surface area contributed by atoms with Gasteiger partial charge in [-0.3, -0.25) is 0 Å². The van der Waals surface area contributed by atoms with Crippen molar-refractivity contribution in [2.24, 2.45) is 0 Å². The topological polar surface area (TPSA) is 28.6 Å². The molecule has 0 aliphatic carbocycles. The Balaban J connectivity index is 0.000000389. The maximum absolute atomic E-state index is 5.35.